The minimum atomic E-state index is 0.399. The molecule has 0 aliphatic carbocycles. The van der Waals surface area contributed by atoms with Crippen molar-refractivity contribution in [2.24, 2.45) is 11.8 Å². The quantitative estimate of drug-likeness (QED) is 0.824. The highest BCUT2D eigenvalue weighted by atomic mass is 35.5. The largest absolute Gasteiger partial charge is 0.369 e. The Morgan fingerprint density at radius 3 is 2.47 bits per heavy atom. The lowest BCUT2D eigenvalue weighted by molar-refractivity contribution is 0.311. The maximum atomic E-state index is 6.05. The summed E-state index contributed by atoms with van der Waals surface area (Å²) in [5, 5.41) is 8.42. The Balaban J connectivity index is 2.07. The molecule has 3 nitrogen and oxygen atoms in total. The molecule has 0 atom stereocenters. The average molecular weight is 274 g/mol. The molecule has 1 aliphatic heterocycles. The molecule has 17 heavy (non-hydrogen) atoms. The van der Waals surface area contributed by atoms with Gasteiger partial charge in [-0.25, -0.2) is 0 Å². The third-order valence-electron chi connectivity index (χ3n) is 3.52. The second-order valence-electron chi connectivity index (χ2n) is 4.91. The van der Waals surface area contributed by atoms with E-state index in [2.05, 4.69) is 28.9 Å². The fraction of sp³-hybridized carbons (Fsp3) is 0.667. The van der Waals surface area contributed by atoms with E-state index in [4.69, 9.17) is 23.2 Å². The molecule has 1 fully saturated rings. The number of nitrogens with zero attached hydrogens (tertiary/aromatic N) is 3. The smallest absolute Gasteiger partial charge is 0.175 e. The van der Waals surface area contributed by atoms with E-state index in [-0.39, 0.29) is 0 Å². The van der Waals surface area contributed by atoms with Crippen LogP contribution in [-0.4, -0.2) is 23.3 Å². The second-order valence-corrected chi connectivity index (χ2v) is 5.66. The molecule has 0 radical (unpaired) electrons. The zero-order valence-electron chi connectivity index (χ0n) is 10.2. The highest BCUT2D eigenvalue weighted by Crippen LogP contribution is 2.31. The Labute approximate surface area is 112 Å². The molecular formula is C12H17Cl2N3. The Morgan fingerprint density at radius 2 is 1.88 bits per heavy atom. The summed E-state index contributed by atoms with van der Waals surface area (Å²) < 4.78 is 0. The summed E-state index contributed by atoms with van der Waals surface area (Å²) in [6, 6.07) is 1.80. The van der Waals surface area contributed by atoms with E-state index in [0.29, 0.717) is 10.3 Å². The first kappa shape index (κ1) is 12.9. The third-order valence-corrected chi connectivity index (χ3v) is 3.98. The number of hydrogen-bond donors (Lipinski definition) is 0. The van der Waals surface area contributed by atoms with Crippen molar-refractivity contribution in [1.82, 2.24) is 10.2 Å². The maximum Gasteiger partial charge on any atom is 0.175 e. The summed E-state index contributed by atoms with van der Waals surface area (Å²) >= 11 is 11.9. The normalized spacial score (nSPS) is 17.8. The molecule has 0 bridgehead atoms. The number of halogens is 2. The van der Waals surface area contributed by atoms with Crippen LogP contribution < -0.4 is 4.90 Å². The van der Waals surface area contributed by atoms with Gasteiger partial charge in [-0.05, 0) is 24.7 Å². The van der Waals surface area contributed by atoms with Crippen molar-refractivity contribution >= 4 is 28.9 Å². The van der Waals surface area contributed by atoms with Crippen LogP contribution in [-0.2, 0) is 0 Å². The molecule has 2 heterocycles. The van der Waals surface area contributed by atoms with Crippen LogP contribution in [0.15, 0.2) is 6.07 Å². The highest BCUT2D eigenvalue weighted by molar-refractivity contribution is 6.33. The number of aromatic nitrogens is 2. The van der Waals surface area contributed by atoms with E-state index in [1.807, 2.05) is 0 Å². The molecule has 0 spiro atoms. The monoisotopic (exact) mass is 273 g/mol. The number of piperidine rings is 1. The van der Waals surface area contributed by atoms with E-state index < -0.39 is 0 Å². The fourth-order valence-corrected chi connectivity index (χ4v) is 2.73. The fourth-order valence-electron chi connectivity index (χ4n) is 2.37. The van der Waals surface area contributed by atoms with Crippen molar-refractivity contribution in [3.8, 4) is 0 Å². The Morgan fingerprint density at radius 1 is 1.24 bits per heavy atom. The lowest BCUT2D eigenvalue weighted by Gasteiger charge is -2.35. The minimum Gasteiger partial charge on any atom is -0.369 e. The molecule has 1 saturated heterocycles. The van der Waals surface area contributed by atoms with Crippen molar-refractivity contribution in [2.75, 3.05) is 18.0 Å². The molecule has 1 aromatic rings. The van der Waals surface area contributed by atoms with Gasteiger partial charge in [-0.1, -0.05) is 37.0 Å². The van der Waals surface area contributed by atoms with Gasteiger partial charge in [0.15, 0.2) is 10.3 Å². The van der Waals surface area contributed by atoms with Crippen LogP contribution in [0.1, 0.15) is 26.7 Å². The van der Waals surface area contributed by atoms with Gasteiger partial charge in [0.2, 0.25) is 0 Å². The molecule has 1 aliphatic rings. The van der Waals surface area contributed by atoms with Crippen LogP contribution in [0.5, 0.6) is 0 Å². The zero-order valence-corrected chi connectivity index (χ0v) is 11.7. The zero-order chi connectivity index (χ0) is 12.4. The van der Waals surface area contributed by atoms with Crippen molar-refractivity contribution in [3.63, 3.8) is 0 Å². The van der Waals surface area contributed by atoms with E-state index >= 15 is 0 Å². The summed E-state index contributed by atoms with van der Waals surface area (Å²) in [4.78, 5) is 2.25. The Bertz CT molecular complexity index is 387. The molecule has 1 aromatic heterocycles. The molecule has 94 valence electrons. The SMILES string of the molecule is CC(C)C1CCN(c2cc(Cl)nnc2Cl)CC1. The number of rotatable bonds is 2. The molecule has 0 saturated carbocycles. The summed E-state index contributed by atoms with van der Waals surface area (Å²) in [5.74, 6) is 1.57. The maximum absolute atomic E-state index is 6.05. The molecule has 2 rings (SSSR count). The topological polar surface area (TPSA) is 29.0 Å². The lowest BCUT2D eigenvalue weighted by Crippen LogP contribution is -2.35. The molecule has 0 aromatic carbocycles. The van der Waals surface area contributed by atoms with E-state index in [9.17, 15) is 0 Å². The van der Waals surface area contributed by atoms with Crippen molar-refractivity contribution < 1.29 is 0 Å². The predicted molar refractivity (Wildman–Crippen MR) is 71.8 cm³/mol. The molecule has 5 heteroatoms. The number of anilines is 1. The van der Waals surface area contributed by atoms with Gasteiger partial charge >= 0.3 is 0 Å². The van der Waals surface area contributed by atoms with Crippen LogP contribution in [0.4, 0.5) is 5.69 Å². The van der Waals surface area contributed by atoms with Crippen LogP contribution >= 0.6 is 23.2 Å². The summed E-state index contributed by atoms with van der Waals surface area (Å²) in [6.45, 7) is 6.62. The first-order valence-electron chi connectivity index (χ1n) is 6.01. The predicted octanol–water partition coefficient (Wildman–Crippen LogP) is 3.66. The molecule has 0 N–H and O–H groups in total. The van der Waals surface area contributed by atoms with Gasteiger partial charge in [0.1, 0.15) is 0 Å². The first-order valence-corrected chi connectivity index (χ1v) is 6.77. The average Bonchev–Trinajstić information content (AvgIpc) is 2.32. The summed E-state index contributed by atoms with van der Waals surface area (Å²) in [7, 11) is 0. The lowest BCUT2D eigenvalue weighted by atomic mass is 9.86. The van der Waals surface area contributed by atoms with Crippen LogP contribution in [0.3, 0.4) is 0 Å². The minimum absolute atomic E-state index is 0.399. The standard InChI is InChI=1S/C12H17Cl2N3/c1-8(2)9-3-5-17(6-4-9)10-7-11(13)15-16-12(10)14/h7-9H,3-6H2,1-2H3. The first-order chi connectivity index (χ1) is 8.08. The molecule has 0 amide bonds. The van der Waals surface area contributed by atoms with Gasteiger partial charge in [0.25, 0.3) is 0 Å². The van der Waals surface area contributed by atoms with E-state index in [1.165, 1.54) is 12.8 Å². The van der Waals surface area contributed by atoms with Crippen molar-refractivity contribution in [3.05, 3.63) is 16.4 Å². The van der Waals surface area contributed by atoms with Gasteiger partial charge in [-0.2, -0.15) is 0 Å². The Kier molecular flexibility index (Phi) is 4.10. The van der Waals surface area contributed by atoms with Crippen LogP contribution in [0.25, 0.3) is 0 Å². The van der Waals surface area contributed by atoms with Crippen LogP contribution in [0, 0.1) is 11.8 Å². The van der Waals surface area contributed by atoms with Crippen LogP contribution in [0.2, 0.25) is 10.3 Å². The Hall–Kier alpha value is -0.540. The van der Waals surface area contributed by atoms with E-state index in [0.717, 1.165) is 30.6 Å². The summed E-state index contributed by atoms with van der Waals surface area (Å²) in [6.07, 6.45) is 2.40. The molecule has 0 unspecified atom stereocenters. The number of hydrogen-bond acceptors (Lipinski definition) is 3. The van der Waals surface area contributed by atoms with Crippen molar-refractivity contribution in [2.45, 2.75) is 26.7 Å². The third kappa shape index (κ3) is 3.02. The van der Waals surface area contributed by atoms with Gasteiger partial charge in [-0.3, -0.25) is 0 Å². The second kappa shape index (κ2) is 5.40. The summed E-state index contributed by atoms with van der Waals surface area (Å²) in [5.41, 5.74) is 0.911. The van der Waals surface area contributed by atoms with E-state index in [1.54, 1.807) is 6.07 Å². The van der Waals surface area contributed by atoms with Gasteiger partial charge in [0, 0.05) is 19.2 Å². The van der Waals surface area contributed by atoms with Gasteiger partial charge in [0.05, 0.1) is 5.69 Å². The molecular weight excluding hydrogens is 257 g/mol. The van der Waals surface area contributed by atoms with Gasteiger partial charge < -0.3 is 4.90 Å². The van der Waals surface area contributed by atoms with Gasteiger partial charge in [-0.15, -0.1) is 10.2 Å². The highest BCUT2D eigenvalue weighted by Gasteiger charge is 2.23. The van der Waals surface area contributed by atoms with Crippen molar-refractivity contribution in [1.29, 1.82) is 0 Å².